The van der Waals surface area contributed by atoms with Crippen molar-refractivity contribution in [2.75, 3.05) is 7.05 Å². The molecule has 0 saturated heterocycles. The number of hydrogen-bond donors (Lipinski definition) is 0. The number of fused-ring (bicyclic) bond motifs is 1. The van der Waals surface area contributed by atoms with Crippen molar-refractivity contribution < 1.29 is 4.79 Å². The third kappa shape index (κ3) is 3.34. The monoisotopic (exact) mass is 396 g/mol. The fourth-order valence-electron chi connectivity index (χ4n) is 2.94. The number of rotatable bonds is 4. The van der Waals surface area contributed by atoms with Gasteiger partial charge in [0.05, 0.1) is 10.7 Å². The first-order valence-electron chi connectivity index (χ1n) is 8.41. The Kier molecular flexibility index (Phi) is 4.68. The zero-order chi connectivity index (χ0) is 19.0. The summed E-state index contributed by atoms with van der Waals surface area (Å²) < 4.78 is 1.83. The maximum Gasteiger partial charge on any atom is 0.271 e. The lowest BCUT2D eigenvalue weighted by molar-refractivity contribution is 0.0778. The first-order valence-corrected chi connectivity index (χ1v) is 9.67. The molecule has 4 rings (SSSR count). The van der Waals surface area contributed by atoms with Crippen LogP contribution in [0, 0.1) is 6.92 Å². The van der Waals surface area contributed by atoms with Crippen molar-refractivity contribution >= 4 is 33.8 Å². The molecule has 0 aliphatic heterocycles. The molecule has 3 heterocycles. The zero-order valence-electron chi connectivity index (χ0n) is 14.9. The standard InChI is InChI=1S/C20H17ClN4OS/c1-13-9-22-8-7-14(13)10-24(2)19(26)18-12-27-20-23-17(11-25(18)20)15-5-3-4-6-16(15)21/h3-9,11-12H,10H2,1-2H3. The molecule has 0 aliphatic carbocycles. The maximum absolute atomic E-state index is 13.0. The molecule has 27 heavy (non-hydrogen) atoms. The number of nitrogens with zero attached hydrogens (tertiary/aromatic N) is 4. The summed E-state index contributed by atoms with van der Waals surface area (Å²) in [5.74, 6) is -0.0550. The van der Waals surface area contributed by atoms with E-state index in [4.69, 9.17) is 11.6 Å². The topological polar surface area (TPSA) is 50.5 Å². The summed E-state index contributed by atoms with van der Waals surface area (Å²) in [6.07, 6.45) is 5.42. The van der Waals surface area contributed by atoms with Crippen molar-refractivity contribution in [2.24, 2.45) is 0 Å². The van der Waals surface area contributed by atoms with Gasteiger partial charge in [-0.1, -0.05) is 29.8 Å². The average molecular weight is 397 g/mol. The van der Waals surface area contributed by atoms with Gasteiger partial charge in [-0.05, 0) is 30.2 Å². The Hall–Kier alpha value is -2.70. The van der Waals surface area contributed by atoms with E-state index >= 15 is 0 Å². The predicted molar refractivity (Wildman–Crippen MR) is 108 cm³/mol. The van der Waals surface area contributed by atoms with Crippen LogP contribution in [0.25, 0.3) is 16.2 Å². The van der Waals surface area contributed by atoms with E-state index in [0.29, 0.717) is 17.3 Å². The number of carbonyl (C=O) groups excluding carboxylic acids is 1. The lowest BCUT2D eigenvalue weighted by Gasteiger charge is -2.17. The number of thiazole rings is 1. The Balaban J connectivity index is 1.64. The number of carbonyl (C=O) groups is 1. The summed E-state index contributed by atoms with van der Waals surface area (Å²) in [5, 5.41) is 2.48. The molecule has 0 atom stereocenters. The van der Waals surface area contributed by atoms with E-state index in [1.807, 2.05) is 59.4 Å². The molecule has 0 bridgehead atoms. The molecule has 3 aromatic heterocycles. The fraction of sp³-hybridized carbons (Fsp3) is 0.150. The Morgan fingerprint density at radius 1 is 1.30 bits per heavy atom. The van der Waals surface area contributed by atoms with Crippen LogP contribution in [0.1, 0.15) is 21.6 Å². The highest BCUT2D eigenvalue weighted by atomic mass is 35.5. The van der Waals surface area contributed by atoms with Gasteiger partial charge in [-0.15, -0.1) is 11.3 Å². The molecule has 0 spiro atoms. The van der Waals surface area contributed by atoms with E-state index in [-0.39, 0.29) is 5.91 Å². The van der Waals surface area contributed by atoms with Crippen molar-refractivity contribution in [2.45, 2.75) is 13.5 Å². The van der Waals surface area contributed by atoms with Gasteiger partial charge in [0.25, 0.3) is 5.91 Å². The van der Waals surface area contributed by atoms with E-state index in [2.05, 4.69) is 9.97 Å². The van der Waals surface area contributed by atoms with Gasteiger partial charge >= 0.3 is 0 Å². The fourth-order valence-corrected chi connectivity index (χ4v) is 4.02. The number of halogens is 1. The molecule has 0 aliphatic rings. The molecule has 5 nitrogen and oxygen atoms in total. The number of hydrogen-bond acceptors (Lipinski definition) is 4. The second-order valence-corrected chi connectivity index (χ2v) is 7.59. The smallest absolute Gasteiger partial charge is 0.271 e. The SMILES string of the molecule is Cc1cnccc1CN(C)C(=O)c1csc2nc(-c3ccccc3Cl)cn12. The minimum absolute atomic E-state index is 0.0550. The number of aryl methyl sites for hydroxylation is 1. The van der Waals surface area contributed by atoms with Gasteiger partial charge in [-0.3, -0.25) is 14.2 Å². The molecule has 0 radical (unpaired) electrons. The largest absolute Gasteiger partial charge is 0.336 e. The Bertz CT molecular complexity index is 1130. The van der Waals surface area contributed by atoms with Crippen LogP contribution in [0.2, 0.25) is 5.02 Å². The number of aromatic nitrogens is 3. The lowest BCUT2D eigenvalue weighted by Crippen LogP contribution is -2.27. The summed E-state index contributed by atoms with van der Waals surface area (Å²) in [7, 11) is 1.80. The van der Waals surface area contributed by atoms with Gasteiger partial charge < -0.3 is 4.90 Å². The average Bonchev–Trinajstić information content (AvgIpc) is 3.24. The highest BCUT2D eigenvalue weighted by molar-refractivity contribution is 7.15. The number of imidazole rings is 1. The molecule has 4 aromatic rings. The zero-order valence-corrected chi connectivity index (χ0v) is 16.5. The number of pyridine rings is 1. The summed E-state index contributed by atoms with van der Waals surface area (Å²) in [6, 6.07) is 9.51. The summed E-state index contributed by atoms with van der Waals surface area (Å²) in [4.78, 5) is 24.2. The highest BCUT2D eigenvalue weighted by Crippen LogP contribution is 2.29. The van der Waals surface area contributed by atoms with Crippen LogP contribution in [-0.4, -0.2) is 32.2 Å². The molecule has 7 heteroatoms. The second kappa shape index (κ2) is 7.13. The van der Waals surface area contributed by atoms with E-state index in [0.717, 1.165) is 27.3 Å². The Morgan fingerprint density at radius 3 is 2.89 bits per heavy atom. The molecule has 1 aromatic carbocycles. The summed E-state index contributed by atoms with van der Waals surface area (Å²) in [5.41, 5.74) is 4.35. The lowest BCUT2D eigenvalue weighted by atomic mass is 10.1. The third-order valence-electron chi connectivity index (χ3n) is 4.47. The molecule has 0 unspecified atom stereocenters. The van der Waals surface area contributed by atoms with Crippen LogP contribution in [0.4, 0.5) is 0 Å². The normalized spacial score (nSPS) is 11.1. The molecular formula is C20H17ClN4OS. The van der Waals surface area contributed by atoms with Crippen LogP contribution >= 0.6 is 22.9 Å². The van der Waals surface area contributed by atoms with Gasteiger partial charge in [0.15, 0.2) is 4.96 Å². The van der Waals surface area contributed by atoms with E-state index in [9.17, 15) is 4.79 Å². The predicted octanol–water partition coefficient (Wildman–Crippen LogP) is 4.69. The molecule has 0 N–H and O–H groups in total. The quantitative estimate of drug-likeness (QED) is 0.502. The molecule has 0 fully saturated rings. The van der Waals surface area contributed by atoms with Gasteiger partial charge in [-0.2, -0.15) is 0 Å². The minimum Gasteiger partial charge on any atom is -0.336 e. The van der Waals surface area contributed by atoms with Crippen LogP contribution in [-0.2, 0) is 6.54 Å². The molecule has 136 valence electrons. The van der Waals surface area contributed by atoms with Gasteiger partial charge in [0.1, 0.15) is 5.69 Å². The van der Waals surface area contributed by atoms with Crippen molar-refractivity contribution in [1.29, 1.82) is 0 Å². The first kappa shape index (κ1) is 17.7. The Morgan fingerprint density at radius 2 is 2.11 bits per heavy atom. The molecule has 0 saturated carbocycles. The van der Waals surface area contributed by atoms with Crippen LogP contribution in [0.5, 0.6) is 0 Å². The van der Waals surface area contributed by atoms with E-state index < -0.39 is 0 Å². The Labute approximate surface area is 165 Å². The van der Waals surface area contributed by atoms with E-state index in [1.54, 1.807) is 18.1 Å². The highest BCUT2D eigenvalue weighted by Gasteiger charge is 2.19. The number of benzene rings is 1. The summed E-state index contributed by atoms with van der Waals surface area (Å²) >= 11 is 7.73. The van der Waals surface area contributed by atoms with Crippen molar-refractivity contribution in [3.8, 4) is 11.3 Å². The van der Waals surface area contributed by atoms with Crippen LogP contribution < -0.4 is 0 Å². The van der Waals surface area contributed by atoms with Crippen molar-refractivity contribution in [3.05, 3.63) is 76.1 Å². The third-order valence-corrected chi connectivity index (χ3v) is 5.64. The van der Waals surface area contributed by atoms with Crippen molar-refractivity contribution in [1.82, 2.24) is 19.3 Å². The van der Waals surface area contributed by atoms with Gasteiger partial charge in [-0.25, -0.2) is 4.98 Å². The van der Waals surface area contributed by atoms with E-state index in [1.165, 1.54) is 11.3 Å². The first-order chi connectivity index (χ1) is 13.0. The maximum atomic E-state index is 13.0. The molecular weight excluding hydrogens is 380 g/mol. The van der Waals surface area contributed by atoms with Gasteiger partial charge in [0, 0.05) is 43.1 Å². The molecule has 1 amide bonds. The summed E-state index contributed by atoms with van der Waals surface area (Å²) in [6.45, 7) is 2.52. The van der Waals surface area contributed by atoms with Crippen LogP contribution in [0.15, 0.2) is 54.3 Å². The number of amides is 1. The van der Waals surface area contributed by atoms with Gasteiger partial charge in [0.2, 0.25) is 0 Å². The van der Waals surface area contributed by atoms with Crippen LogP contribution in [0.3, 0.4) is 0 Å². The second-order valence-electron chi connectivity index (χ2n) is 6.34. The minimum atomic E-state index is -0.0550. The van der Waals surface area contributed by atoms with Crippen molar-refractivity contribution in [3.63, 3.8) is 0 Å².